The summed E-state index contributed by atoms with van der Waals surface area (Å²) in [5.74, 6) is 0. The Kier molecular flexibility index (Phi) is 2.84. The molecule has 42 valence electrons. The Balaban J connectivity index is 0.000000640. The number of hydrogen-bond donors (Lipinski definition) is 0. The summed E-state index contributed by atoms with van der Waals surface area (Å²) in [5, 5.41) is 21.3. The van der Waals surface area contributed by atoms with Crippen molar-refractivity contribution >= 4 is 6.09 Å². The zero-order valence-electron chi connectivity index (χ0n) is 4.55. The molecule has 0 aliphatic heterocycles. The van der Waals surface area contributed by atoms with Crippen molar-refractivity contribution in [3.63, 3.8) is 0 Å². The van der Waals surface area contributed by atoms with Crippen molar-refractivity contribution in [2.24, 2.45) is 0 Å². The van der Waals surface area contributed by atoms with Gasteiger partial charge in [-0.15, -0.1) is 0 Å². The van der Waals surface area contributed by atoms with Crippen LogP contribution in [0.2, 0.25) is 0 Å². The third-order valence-corrected chi connectivity index (χ3v) is 0.453. The minimum atomic E-state index is -1.55. The molecule has 1 rings (SSSR count). The van der Waals surface area contributed by atoms with E-state index in [-0.39, 0.29) is 23.7 Å². The largest absolute Gasteiger partial charge is 1.00 e. The monoisotopic (exact) mass is 121 g/mol. The number of nitrogens with zero attached hydrogens (tertiary/aromatic N) is 5. The van der Waals surface area contributed by atoms with Gasteiger partial charge in [0.15, 0.2) is 6.09 Å². The Morgan fingerprint density at radius 3 is 2.00 bits per heavy atom. The van der Waals surface area contributed by atoms with Crippen molar-refractivity contribution in [2.45, 2.75) is 0 Å². The molecule has 0 saturated heterocycles. The molecule has 0 spiro atoms. The van der Waals surface area contributed by atoms with E-state index in [1.807, 2.05) is 0 Å². The molecule has 0 amide bonds. The fourth-order valence-electron chi connectivity index (χ4n) is 0.202. The zero-order valence-corrected chi connectivity index (χ0v) is 4.55. The molecule has 0 atom stereocenters. The van der Waals surface area contributed by atoms with E-state index < -0.39 is 6.09 Å². The maximum absolute atomic E-state index is 9.71. The summed E-state index contributed by atoms with van der Waals surface area (Å²) in [4.78, 5) is 9.96. The van der Waals surface area contributed by atoms with Crippen molar-refractivity contribution in [3.05, 3.63) is 0 Å². The first-order valence-corrected chi connectivity index (χ1v) is 1.63. The summed E-state index contributed by atoms with van der Waals surface area (Å²) in [6.45, 7) is 0. The molecule has 0 radical (unpaired) electrons. The van der Waals surface area contributed by atoms with E-state index in [9.17, 15) is 9.90 Å². The van der Waals surface area contributed by atoms with Crippen LogP contribution in [0, 0.1) is 0 Å². The van der Waals surface area contributed by atoms with Gasteiger partial charge in [0, 0.05) is 0 Å². The van der Waals surface area contributed by atoms with Gasteiger partial charge in [0.25, 0.3) is 0 Å². The molecule has 0 aliphatic carbocycles. The molecule has 0 unspecified atom stereocenters. The van der Waals surface area contributed by atoms with Crippen LogP contribution in [0.5, 0.6) is 0 Å². The van der Waals surface area contributed by atoms with Gasteiger partial charge in [-0.3, -0.25) is 0 Å². The van der Waals surface area contributed by atoms with Gasteiger partial charge in [-0.2, -0.15) is 0 Å². The fraction of sp³-hybridized carbons (Fsp3) is 0. The molecule has 1 aromatic rings. The van der Waals surface area contributed by atoms with Crippen LogP contribution < -0.4 is 24.0 Å². The van der Waals surface area contributed by atoms with Gasteiger partial charge in [0.05, 0.1) is 0 Å². The van der Waals surface area contributed by atoms with Gasteiger partial charge in [-0.05, 0) is 20.9 Å². The summed E-state index contributed by atoms with van der Waals surface area (Å²) >= 11 is 0. The molecule has 1 heterocycles. The topological polar surface area (TPSA) is 96.6 Å². The van der Waals surface area contributed by atoms with Gasteiger partial charge in [0.2, 0.25) is 0 Å². The average molecular weight is 121 g/mol. The summed E-state index contributed by atoms with van der Waals surface area (Å²) < 4.78 is 0. The normalized spacial score (nSPS) is 8.00. The van der Waals surface area contributed by atoms with Crippen molar-refractivity contribution in [3.8, 4) is 0 Å². The zero-order chi connectivity index (χ0) is 5.98. The van der Waals surface area contributed by atoms with Gasteiger partial charge < -0.3 is 9.90 Å². The predicted molar refractivity (Wildman–Crippen MR) is 16.4 cm³/mol. The van der Waals surface area contributed by atoms with Gasteiger partial charge in [-0.25, -0.2) is 0 Å². The second-order valence-corrected chi connectivity index (χ2v) is 0.913. The summed E-state index contributed by atoms with van der Waals surface area (Å²) in [7, 11) is 0. The predicted octanol–water partition coefficient (Wildman–Crippen LogP) is -5.74. The third-order valence-electron chi connectivity index (χ3n) is 0.453. The molecule has 0 bridgehead atoms. The molecule has 7 nitrogen and oxygen atoms in total. The molecule has 9 heavy (non-hydrogen) atoms. The number of carbonyl (C=O) groups excluding carboxylic acids is 1. The van der Waals surface area contributed by atoms with Crippen LogP contribution in [-0.2, 0) is 0 Å². The number of carboxylic acid groups (broad SMARTS) is 1. The molecule has 0 fully saturated rings. The quantitative estimate of drug-likeness (QED) is 0.317. The van der Waals surface area contributed by atoms with Crippen LogP contribution >= 0.6 is 0 Å². The Morgan fingerprint density at radius 2 is 1.78 bits per heavy atom. The van der Waals surface area contributed by atoms with Gasteiger partial charge in [-0.1, -0.05) is 4.80 Å². The first-order chi connectivity index (χ1) is 3.80. The fourth-order valence-corrected chi connectivity index (χ4v) is 0.202. The molecular formula is CLiN5O2. The minimum absolute atomic E-state index is 0. The van der Waals surface area contributed by atoms with Gasteiger partial charge in [0.1, 0.15) is 0 Å². The number of carbonyl (C=O) groups is 1. The molecule has 0 N–H and O–H groups in total. The Bertz CT molecular complexity index is 183. The second-order valence-electron chi connectivity index (χ2n) is 0.913. The van der Waals surface area contributed by atoms with E-state index in [1.54, 1.807) is 0 Å². The Morgan fingerprint density at radius 1 is 1.33 bits per heavy atom. The van der Waals surface area contributed by atoms with Crippen molar-refractivity contribution in [2.75, 3.05) is 0 Å². The Labute approximate surface area is 61.2 Å². The van der Waals surface area contributed by atoms with E-state index in [0.717, 1.165) is 0 Å². The van der Waals surface area contributed by atoms with Crippen molar-refractivity contribution < 1.29 is 28.8 Å². The molecule has 0 aromatic carbocycles. The van der Waals surface area contributed by atoms with Crippen LogP contribution in [0.1, 0.15) is 0 Å². The second kappa shape index (κ2) is 3.16. The summed E-state index contributed by atoms with van der Waals surface area (Å²) in [6, 6.07) is 0. The van der Waals surface area contributed by atoms with E-state index in [1.165, 1.54) is 0 Å². The first kappa shape index (κ1) is 8.07. The molecule has 0 saturated carbocycles. The number of aromatic nitrogens is 5. The van der Waals surface area contributed by atoms with Crippen LogP contribution in [0.3, 0.4) is 0 Å². The molecule has 8 heteroatoms. The van der Waals surface area contributed by atoms with Crippen LogP contribution in [-0.4, -0.2) is 31.7 Å². The Hall–Kier alpha value is -0.933. The van der Waals surface area contributed by atoms with Crippen molar-refractivity contribution in [1.82, 2.24) is 25.7 Å². The average Bonchev–Trinajstić information content (AvgIpc) is 2.12. The van der Waals surface area contributed by atoms with E-state index in [2.05, 4.69) is 20.9 Å². The molecule has 1 aromatic heterocycles. The van der Waals surface area contributed by atoms with Crippen LogP contribution in [0.25, 0.3) is 0 Å². The minimum Gasteiger partial charge on any atom is -0.527 e. The SMILES string of the molecule is O=C([O-])n1nnnn1.[Li+]. The van der Waals surface area contributed by atoms with Crippen molar-refractivity contribution in [1.29, 1.82) is 0 Å². The van der Waals surface area contributed by atoms with E-state index >= 15 is 0 Å². The maximum atomic E-state index is 9.71. The molecule has 0 aliphatic rings. The standard InChI is InChI=1S/CHN5O2.Li/c7-1(8)6-4-2-3-5-6;/h(H,7,8);/q;+1/p-1. The maximum Gasteiger partial charge on any atom is 1.00 e. The smallest absolute Gasteiger partial charge is 0.527 e. The van der Waals surface area contributed by atoms with E-state index in [4.69, 9.17) is 0 Å². The summed E-state index contributed by atoms with van der Waals surface area (Å²) in [6.07, 6.45) is -1.55. The van der Waals surface area contributed by atoms with Gasteiger partial charge >= 0.3 is 18.9 Å². The first-order valence-electron chi connectivity index (χ1n) is 1.63. The van der Waals surface area contributed by atoms with Crippen LogP contribution in [0.15, 0.2) is 0 Å². The van der Waals surface area contributed by atoms with E-state index in [0.29, 0.717) is 0 Å². The number of rotatable bonds is 0. The third kappa shape index (κ3) is 1.79. The summed E-state index contributed by atoms with van der Waals surface area (Å²) in [5.41, 5.74) is 0. The number of hydrogen-bond acceptors (Lipinski definition) is 6. The molecular weight excluding hydrogens is 121 g/mol. The van der Waals surface area contributed by atoms with Crippen LogP contribution in [0.4, 0.5) is 4.79 Å².